The maximum atomic E-state index is 12.7. The Labute approximate surface area is 126 Å². The zero-order chi connectivity index (χ0) is 14.7. The summed E-state index contributed by atoms with van der Waals surface area (Å²) in [5.74, 6) is 1.10. The van der Waals surface area contributed by atoms with Crippen LogP contribution in [0, 0.1) is 6.92 Å². The van der Waals surface area contributed by atoms with Crippen LogP contribution in [0.25, 0.3) is 0 Å². The summed E-state index contributed by atoms with van der Waals surface area (Å²) in [4.78, 5) is 12.7. The molecule has 0 saturated heterocycles. The van der Waals surface area contributed by atoms with E-state index in [1.54, 1.807) is 32.4 Å². The van der Waals surface area contributed by atoms with Crippen molar-refractivity contribution in [2.75, 3.05) is 14.2 Å². The summed E-state index contributed by atoms with van der Waals surface area (Å²) in [6.45, 7) is 1.91. The highest BCUT2D eigenvalue weighted by Crippen LogP contribution is 2.29. The number of carbonyl (C=O) groups is 1. The molecule has 3 nitrogen and oxygen atoms in total. The predicted octanol–water partition coefficient (Wildman–Crippen LogP) is 4.01. The minimum Gasteiger partial charge on any atom is -0.497 e. The van der Waals surface area contributed by atoms with E-state index in [0.717, 1.165) is 10.0 Å². The highest BCUT2D eigenvalue weighted by atomic mass is 79.9. The molecule has 0 aromatic heterocycles. The summed E-state index contributed by atoms with van der Waals surface area (Å²) in [6, 6.07) is 10.8. The Hall–Kier alpha value is -1.81. The Morgan fingerprint density at radius 2 is 1.80 bits per heavy atom. The van der Waals surface area contributed by atoms with Gasteiger partial charge < -0.3 is 9.47 Å². The standard InChI is InChI=1S/C16H15BrO3/c1-10-12(5-4-6-14(10)17)16(18)13-8-7-11(19-2)9-15(13)20-3/h4-9H,1-3H3. The van der Waals surface area contributed by atoms with Crippen molar-refractivity contribution >= 4 is 21.7 Å². The quantitative estimate of drug-likeness (QED) is 0.792. The zero-order valence-corrected chi connectivity index (χ0v) is 13.2. The Bertz CT molecular complexity index is 650. The van der Waals surface area contributed by atoms with Gasteiger partial charge in [0.05, 0.1) is 19.8 Å². The fraction of sp³-hybridized carbons (Fsp3) is 0.188. The van der Waals surface area contributed by atoms with Gasteiger partial charge in [0.25, 0.3) is 0 Å². The molecule has 20 heavy (non-hydrogen) atoms. The Morgan fingerprint density at radius 1 is 1.05 bits per heavy atom. The van der Waals surface area contributed by atoms with E-state index in [9.17, 15) is 4.79 Å². The largest absolute Gasteiger partial charge is 0.497 e. The Kier molecular flexibility index (Phi) is 4.45. The van der Waals surface area contributed by atoms with Gasteiger partial charge in [-0.25, -0.2) is 0 Å². The lowest BCUT2D eigenvalue weighted by molar-refractivity contribution is 0.103. The van der Waals surface area contributed by atoms with Gasteiger partial charge in [0, 0.05) is 16.1 Å². The Balaban J connectivity index is 2.50. The van der Waals surface area contributed by atoms with Crippen molar-refractivity contribution in [1.29, 1.82) is 0 Å². The normalized spacial score (nSPS) is 10.2. The average molecular weight is 335 g/mol. The number of benzene rings is 2. The topological polar surface area (TPSA) is 35.5 Å². The second-order valence-corrected chi connectivity index (χ2v) is 5.16. The number of hydrogen-bond acceptors (Lipinski definition) is 3. The first-order valence-electron chi connectivity index (χ1n) is 6.10. The van der Waals surface area contributed by atoms with Crippen LogP contribution < -0.4 is 9.47 Å². The van der Waals surface area contributed by atoms with Gasteiger partial charge in [-0.3, -0.25) is 4.79 Å². The minimum atomic E-state index is -0.0664. The van der Waals surface area contributed by atoms with Crippen molar-refractivity contribution in [3.63, 3.8) is 0 Å². The molecule has 0 spiro atoms. The van der Waals surface area contributed by atoms with Crippen molar-refractivity contribution < 1.29 is 14.3 Å². The van der Waals surface area contributed by atoms with Crippen LogP contribution in [0.3, 0.4) is 0 Å². The van der Waals surface area contributed by atoms with Gasteiger partial charge in [0.2, 0.25) is 0 Å². The molecule has 0 radical (unpaired) electrons. The Morgan fingerprint density at radius 3 is 2.45 bits per heavy atom. The van der Waals surface area contributed by atoms with Gasteiger partial charge in [-0.2, -0.15) is 0 Å². The summed E-state index contributed by atoms with van der Waals surface area (Å²) in [5.41, 5.74) is 2.09. The van der Waals surface area contributed by atoms with Gasteiger partial charge >= 0.3 is 0 Å². The third kappa shape index (κ3) is 2.70. The van der Waals surface area contributed by atoms with E-state index in [0.29, 0.717) is 22.6 Å². The molecule has 0 aliphatic rings. The summed E-state index contributed by atoms with van der Waals surface area (Å²) in [6.07, 6.45) is 0. The highest BCUT2D eigenvalue weighted by molar-refractivity contribution is 9.10. The molecule has 2 aromatic rings. The fourth-order valence-corrected chi connectivity index (χ4v) is 2.35. The summed E-state index contributed by atoms with van der Waals surface area (Å²) < 4.78 is 11.3. The monoisotopic (exact) mass is 334 g/mol. The van der Waals surface area contributed by atoms with Crippen LogP contribution in [-0.4, -0.2) is 20.0 Å². The molecule has 0 amide bonds. The molecule has 0 aliphatic carbocycles. The van der Waals surface area contributed by atoms with Crippen molar-refractivity contribution in [1.82, 2.24) is 0 Å². The zero-order valence-electron chi connectivity index (χ0n) is 11.6. The summed E-state index contributed by atoms with van der Waals surface area (Å²) in [5, 5.41) is 0. The van der Waals surface area contributed by atoms with Crippen LogP contribution in [0.15, 0.2) is 40.9 Å². The lowest BCUT2D eigenvalue weighted by Gasteiger charge is -2.11. The predicted molar refractivity (Wildman–Crippen MR) is 81.9 cm³/mol. The number of ketones is 1. The lowest BCUT2D eigenvalue weighted by Crippen LogP contribution is -2.06. The van der Waals surface area contributed by atoms with E-state index in [-0.39, 0.29) is 5.78 Å². The van der Waals surface area contributed by atoms with Crippen LogP contribution in [0.2, 0.25) is 0 Å². The fourth-order valence-electron chi connectivity index (χ4n) is 1.98. The molecule has 0 heterocycles. The number of ether oxygens (including phenoxy) is 2. The van der Waals surface area contributed by atoms with Gasteiger partial charge in [0.15, 0.2) is 5.78 Å². The molecular weight excluding hydrogens is 320 g/mol. The summed E-state index contributed by atoms with van der Waals surface area (Å²) >= 11 is 3.44. The SMILES string of the molecule is COc1ccc(C(=O)c2cccc(Br)c2C)c(OC)c1. The average Bonchev–Trinajstić information content (AvgIpc) is 2.48. The van der Waals surface area contributed by atoms with Crippen LogP contribution in [-0.2, 0) is 0 Å². The second kappa shape index (κ2) is 6.09. The lowest BCUT2D eigenvalue weighted by atomic mass is 9.98. The van der Waals surface area contributed by atoms with Crippen molar-refractivity contribution in [2.45, 2.75) is 6.92 Å². The smallest absolute Gasteiger partial charge is 0.197 e. The molecule has 2 rings (SSSR count). The van der Waals surface area contributed by atoms with Crippen molar-refractivity contribution in [3.8, 4) is 11.5 Å². The van der Waals surface area contributed by atoms with Crippen LogP contribution >= 0.6 is 15.9 Å². The first-order chi connectivity index (χ1) is 9.58. The van der Waals surface area contributed by atoms with E-state index in [2.05, 4.69) is 15.9 Å². The first kappa shape index (κ1) is 14.6. The molecule has 104 valence electrons. The second-order valence-electron chi connectivity index (χ2n) is 4.31. The van der Waals surface area contributed by atoms with Crippen LogP contribution in [0.4, 0.5) is 0 Å². The molecule has 4 heteroatoms. The van der Waals surface area contributed by atoms with E-state index in [1.165, 1.54) is 0 Å². The van der Waals surface area contributed by atoms with E-state index in [4.69, 9.17) is 9.47 Å². The van der Waals surface area contributed by atoms with Crippen molar-refractivity contribution in [2.24, 2.45) is 0 Å². The van der Waals surface area contributed by atoms with E-state index in [1.807, 2.05) is 25.1 Å². The van der Waals surface area contributed by atoms with Gasteiger partial charge in [0.1, 0.15) is 11.5 Å². The molecule has 2 aromatic carbocycles. The third-order valence-electron chi connectivity index (χ3n) is 3.17. The van der Waals surface area contributed by atoms with Gasteiger partial charge in [-0.05, 0) is 30.7 Å². The van der Waals surface area contributed by atoms with E-state index < -0.39 is 0 Å². The maximum absolute atomic E-state index is 12.7. The molecular formula is C16H15BrO3. The summed E-state index contributed by atoms with van der Waals surface area (Å²) in [7, 11) is 3.12. The van der Waals surface area contributed by atoms with Gasteiger partial charge in [-0.15, -0.1) is 0 Å². The van der Waals surface area contributed by atoms with Gasteiger partial charge in [-0.1, -0.05) is 28.1 Å². The highest BCUT2D eigenvalue weighted by Gasteiger charge is 2.17. The molecule has 0 fully saturated rings. The first-order valence-corrected chi connectivity index (χ1v) is 6.89. The molecule has 0 saturated carbocycles. The number of rotatable bonds is 4. The van der Waals surface area contributed by atoms with Crippen LogP contribution in [0.5, 0.6) is 11.5 Å². The number of hydrogen-bond donors (Lipinski definition) is 0. The minimum absolute atomic E-state index is 0.0664. The van der Waals surface area contributed by atoms with E-state index >= 15 is 0 Å². The maximum Gasteiger partial charge on any atom is 0.197 e. The molecule has 0 bridgehead atoms. The molecule has 0 atom stereocenters. The third-order valence-corrected chi connectivity index (χ3v) is 4.02. The number of carbonyl (C=O) groups excluding carboxylic acids is 1. The molecule has 0 N–H and O–H groups in total. The number of methoxy groups -OCH3 is 2. The molecule has 0 unspecified atom stereocenters. The molecule has 0 aliphatic heterocycles. The van der Waals surface area contributed by atoms with Crippen molar-refractivity contribution in [3.05, 3.63) is 57.6 Å². The number of halogens is 1. The van der Waals surface area contributed by atoms with Crippen LogP contribution in [0.1, 0.15) is 21.5 Å².